The third-order valence-corrected chi connectivity index (χ3v) is 3.91. The second-order valence-corrected chi connectivity index (χ2v) is 5.41. The molecule has 1 aromatic rings. The summed E-state index contributed by atoms with van der Waals surface area (Å²) in [4.78, 5) is 24.7. The Balaban J connectivity index is 2.18. The number of nitrogens with zero attached hydrogens (tertiary/aromatic N) is 1. The number of hydrogen-bond acceptors (Lipinski definition) is 3. The summed E-state index contributed by atoms with van der Waals surface area (Å²) in [5.74, 6) is -1.13. The highest BCUT2D eigenvalue weighted by Gasteiger charge is 2.31. The fourth-order valence-corrected chi connectivity index (χ4v) is 2.58. The fraction of sp³-hybridized carbons (Fsp3) is 0.385. The maximum absolute atomic E-state index is 12.3. The minimum Gasteiger partial charge on any atom is -0.507 e. The van der Waals surface area contributed by atoms with E-state index in [0.29, 0.717) is 23.0 Å². The molecule has 2 N–H and O–H groups in total. The molecule has 1 atom stereocenters. The zero-order valence-electron chi connectivity index (χ0n) is 10.2. The lowest BCUT2D eigenvalue weighted by Crippen LogP contribution is -2.36. The number of phenols is 1. The summed E-state index contributed by atoms with van der Waals surface area (Å²) < 4.78 is 0.521. The predicted molar refractivity (Wildman–Crippen MR) is 72.1 cm³/mol. The third kappa shape index (κ3) is 3.07. The van der Waals surface area contributed by atoms with E-state index in [1.54, 1.807) is 17.0 Å². The average molecular weight is 328 g/mol. The molecule has 0 aliphatic carbocycles. The van der Waals surface area contributed by atoms with Crippen LogP contribution in [0.5, 0.6) is 5.75 Å². The van der Waals surface area contributed by atoms with Gasteiger partial charge in [-0.2, -0.15) is 0 Å². The molecule has 0 bridgehead atoms. The zero-order valence-corrected chi connectivity index (χ0v) is 11.8. The largest absolute Gasteiger partial charge is 0.507 e. The van der Waals surface area contributed by atoms with Crippen molar-refractivity contribution in [3.63, 3.8) is 0 Å². The smallest absolute Gasteiger partial charge is 0.305 e. The molecule has 0 radical (unpaired) electrons. The van der Waals surface area contributed by atoms with Gasteiger partial charge in [0.25, 0.3) is 5.91 Å². The number of hydrogen-bond donors (Lipinski definition) is 2. The van der Waals surface area contributed by atoms with Crippen LogP contribution in [0.3, 0.4) is 0 Å². The minimum absolute atomic E-state index is 0.000156. The molecule has 1 fully saturated rings. The molecular weight excluding hydrogens is 314 g/mol. The normalized spacial score (nSPS) is 18.6. The molecule has 1 aromatic carbocycles. The lowest BCUT2D eigenvalue weighted by molar-refractivity contribution is -0.137. The molecule has 1 aliphatic rings. The van der Waals surface area contributed by atoms with Gasteiger partial charge in [-0.05, 0) is 47.0 Å². The SMILES string of the molecule is O=C(O)CC1CCCN1C(=O)c1ccc(Br)c(O)c1. The van der Waals surface area contributed by atoms with Crippen molar-refractivity contribution in [3.8, 4) is 5.75 Å². The van der Waals surface area contributed by atoms with Crippen molar-refractivity contribution in [2.45, 2.75) is 25.3 Å². The van der Waals surface area contributed by atoms with E-state index in [2.05, 4.69) is 15.9 Å². The molecule has 0 saturated carbocycles. The Morgan fingerprint density at radius 3 is 2.79 bits per heavy atom. The molecule has 0 spiro atoms. The topological polar surface area (TPSA) is 77.8 Å². The van der Waals surface area contributed by atoms with Gasteiger partial charge in [0.15, 0.2) is 0 Å². The predicted octanol–water partition coefficient (Wildman–Crippen LogP) is 2.23. The van der Waals surface area contributed by atoms with Crippen LogP contribution in [0.25, 0.3) is 0 Å². The summed E-state index contributed by atoms with van der Waals surface area (Å²) in [6.45, 7) is 0.563. The van der Waals surface area contributed by atoms with Crippen LogP contribution < -0.4 is 0 Å². The quantitative estimate of drug-likeness (QED) is 0.892. The number of halogens is 1. The van der Waals surface area contributed by atoms with Crippen LogP contribution >= 0.6 is 15.9 Å². The maximum Gasteiger partial charge on any atom is 0.305 e. The molecule has 6 heteroatoms. The Kier molecular flexibility index (Phi) is 4.09. The molecule has 1 heterocycles. The summed E-state index contributed by atoms with van der Waals surface area (Å²) in [7, 11) is 0. The summed E-state index contributed by atoms with van der Waals surface area (Å²) in [6.07, 6.45) is 1.49. The molecule has 19 heavy (non-hydrogen) atoms. The van der Waals surface area contributed by atoms with Gasteiger partial charge in [-0.1, -0.05) is 0 Å². The Morgan fingerprint density at radius 2 is 2.16 bits per heavy atom. The van der Waals surface area contributed by atoms with Crippen LogP contribution in [-0.4, -0.2) is 39.6 Å². The summed E-state index contributed by atoms with van der Waals surface area (Å²) >= 11 is 3.15. The van der Waals surface area contributed by atoms with E-state index in [-0.39, 0.29) is 24.1 Å². The number of carbonyl (C=O) groups is 2. The van der Waals surface area contributed by atoms with E-state index in [1.165, 1.54) is 6.07 Å². The van der Waals surface area contributed by atoms with Gasteiger partial charge in [0.05, 0.1) is 10.9 Å². The standard InChI is InChI=1S/C13H14BrNO4/c14-10-4-3-8(6-11(10)16)13(19)15-5-1-2-9(15)7-12(17)18/h3-4,6,9,16H,1-2,5,7H2,(H,17,18). The molecule has 1 aliphatic heterocycles. The van der Waals surface area contributed by atoms with Gasteiger partial charge < -0.3 is 15.1 Å². The lowest BCUT2D eigenvalue weighted by Gasteiger charge is -2.23. The molecule has 2 rings (SSSR count). The van der Waals surface area contributed by atoms with Crippen molar-refractivity contribution < 1.29 is 19.8 Å². The van der Waals surface area contributed by atoms with Crippen molar-refractivity contribution in [2.24, 2.45) is 0 Å². The average Bonchev–Trinajstić information content (AvgIpc) is 2.79. The fourth-order valence-electron chi connectivity index (χ4n) is 2.33. The van der Waals surface area contributed by atoms with Crippen LogP contribution in [0.2, 0.25) is 0 Å². The number of aromatic hydroxyl groups is 1. The monoisotopic (exact) mass is 327 g/mol. The zero-order chi connectivity index (χ0) is 14.0. The first-order valence-electron chi connectivity index (χ1n) is 6.00. The number of rotatable bonds is 3. The van der Waals surface area contributed by atoms with Crippen LogP contribution in [0, 0.1) is 0 Å². The highest BCUT2D eigenvalue weighted by molar-refractivity contribution is 9.10. The minimum atomic E-state index is -0.900. The number of carboxylic acid groups (broad SMARTS) is 1. The van der Waals surface area contributed by atoms with Crippen LogP contribution in [0.4, 0.5) is 0 Å². The number of benzene rings is 1. The van der Waals surface area contributed by atoms with Gasteiger partial charge in [0.2, 0.25) is 0 Å². The van der Waals surface area contributed by atoms with Crippen LogP contribution in [-0.2, 0) is 4.79 Å². The molecule has 102 valence electrons. The van der Waals surface area contributed by atoms with E-state index in [0.717, 1.165) is 6.42 Å². The number of amides is 1. The van der Waals surface area contributed by atoms with Gasteiger partial charge in [-0.15, -0.1) is 0 Å². The van der Waals surface area contributed by atoms with E-state index >= 15 is 0 Å². The first-order chi connectivity index (χ1) is 8.99. The van der Waals surface area contributed by atoms with Gasteiger partial charge >= 0.3 is 5.97 Å². The van der Waals surface area contributed by atoms with Gasteiger partial charge in [0, 0.05) is 18.2 Å². The van der Waals surface area contributed by atoms with Gasteiger partial charge in [-0.3, -0.25) is 9.59 Å². The van der Waals surface area contributed by atoms with Crippen LogP contribution in [0.1, 0.15) is 29.6 Å². The second-order valence-electron chi connectivity index (χ2n) is 4.56. The molecule has 1 amide bonds. The molecule has 0 aromatic heterocycles. The highest BCUT2D eigenvalue weighted by Crippen LogP contribution is 2.27. The number of likely N-dealkylation sites (tertiary alicyclic amines) is 1. The van der Waals surface area contributed by atoms with Crippen molar-refractivity contribution in [3.05, 3.63) is 28.2 Å². The first kappa shape index (κ1) is 13.9. The second kappa shape index (κ2) is 5.61. The maximum atomic E-state index is 12.3. The van der Waals surface area contributed by atoms with Crippen molar-refractivity contribution in [1.29, 1.82) is 0 Å². The van der Waals surface area contributed by atoms with E-state index in [1.807, 2.05) is 0 Å². The Morgan fingerprint density at radius 1 is 1.42 bits per heavy atom. The van der Waals surface area contributed by atoms with E-state index < -0.39 is 5.97 Å². The number of carboxylic acids is 1. The number of aliphatic carboxylic acids is 1. The first-order valence-corrected chi connectivity index (χ1v) is 6.79. The molecule has 1 saturated heterocycles. The third-order valence-electron chi connectivity index (χ3n) is 3.24. The number of phenolic OH excluding ortho intramolecular Hbond substituents is 1. The molecule has 1 unspecified atom stereocenters. The number of carbonyl (C=O) groups excluding carboxylic acids is 1. The van der Waals surface area contributed by atoms with Crippen LogP contribution in [0.15, 0.2) is 22.7 Å². The van der Waals surface area contributed by atoms with Crippen molar-refractivity contribution >= 4 is 27.8 Å². The van der Waals surface area contributed by atoms with Crippen molar-refractivity contribution in [1.82, 2.24) is 4.90 Å². The highest BCUT2D eigenvalue weighted by atomic mass is 79.9. The van der Waals surface area contributed by atoms with Gasteiger partial charge in [0.1, 0.15) is 5.75 Å². The van der Waals surface area contributed by atoms with Crippen molar-refractivity contribution in [2.75, 3.05) is 6.54 Å². The van der Waals surface area contributed by atoms with Gasteiger partial charge in [-0.25, -0.2) is 0 Å². The Hall–Kier alpha value is -1.56. The molecule has 5 nitrogen and oxygen atoms in total. The summed E-state index contributed by atoms with van der Waals surface area (Å²) in [5, 5.41) is 18.4. The van der Waals surface area contributed by atoms with E-state index in [4.69, 9.17) is 5.11 Å². The lowest BCUT2D eigenvalue weighted by atomic mass is 10.1. The molecular formula is C13H14BrNO4. The Labute approximate surface area is 119 Å². The van der Waals surface area contributed by atoms with E-state index in [9.17, 15) is 14.7 Å². The summed E-state index contributed by atoms with van der Waals surface area (Å²) in [6, 6.07) is 4.35. The Bertz CT molecular complexity index is 517. The summed E-state index contributed by atoms with van der Waals surface area (Å²) in [5.41, 5.74) is 0.373.